The van der Waals surface area contributed by atoms with Crippen LogP contribution in [0, 0.1) is 0 Å². The van der Waals surface area contributed by atoms with Crippen LogP contribution in [0.4, 0.5) is 0 Å². The summed E-state index contributed by atoms with van der Waals surface area (Å²) >= 11 is 0. The van der Waals surface area contributed by atoms with Gasteiger partial charge in [-0.05, 0) is 0 Å². The smallest absolute Gasteiger partial charge is 0.0589 e. The Balaban J connectivity index is -0.000000239. The van der Waals surface area contributed by atoms with E-state index in [0.717, 1.165) is 26.2 Å². The van der Waals surface area contributed by atoms with Gasteiger partial charge in [0.15, 0.2) is 0 Å². The number of hydrogen-bond acceptors (Lipinski definition) is 3. The lowest BCUT2D eigenvalue weighted by Gasteiger charge is -2.26. The molecule has 3 nitrogen and oxygen atoms in total. The van der Waals surface area contributed by atoms with Crippen LogP contribution in [-0.4, -0.2) is 51.3 Å². The first-order valence-electron chi connectivity index (χ1n) is 7.27. The van der Waals surface area contributed by atoms with Gasteiger partial charge in [-0.15, -0.1) is 0 Å². The van der Waals surface area contributed by atoms with Crippen LogP contribution in [-0.2, 0) is 4.74 Å². The highest BCUT2D eigenvalue weighted by atomic mass is 16.5. The van der Waals surface area contributed by atoms with Crippen molar-refractivity contribution in [2.45, 2.75) is 48.0 Å². The number of nitrogens with zero attached hydrogens (tertiary/aromatic N) is 1. The summed E-state index contributed by atoms with van der Waals surface area (Å²) in [5, 5.41) is 3.31. The van der Waals surface area contributed by atoms with Gasteiger partial charge < -0.3 is 10.1 Å². The van der Waals surface area contributed by atoms with Crippen molar-refractivity contribution in [3.05, 3.63) is 0 Å². The zero-order valence-corrected chi connectivity index (χ0v) is 13.3. The van der Waals surface area contributed by atoms with E-state index in [-0.39, 0.29) is 0 Å². The lowest BCUT2D eigenvalue weighted by Crippen LogP contribution is -2.44. The van der Waals surface area contributed by atoms with Crippen molar-refractivity contribution in [2.24, 2.45) is 0 Å². The van der Waals surface area contributed by atoms with Gasteiger partial charge in [-0.25, -0.2) is 0 Å². The molecule has 0 aliphatic carbocycles. The Bertz CT molecular complexity index is 94.2. The molecule has 108 valence electrons. The molecule has 0 bridgehead atoms. The second-order valence-corrected chi connectivity index (χ2v) is 3.29. The van der Waals surface area contributed by atoms with Crippen LogP contribution in [0.5, 0.6) is 0 Å². The van der Waals surface area contributed by atoms with E-state index in [4.69, 9.17) is 4.74 Å². The molecule has 17 heavy (non-hydrogen) atoms. The van der Waals surface area contributed by atoms with Gasteiger partial charge in [-0.3, -0.25) is 4.90 Å². The van der Waals surface area contributed by atoms with Gasteiger partial charge in [0.2, 0.25) is 0 Å². The highest BCUT2D eigenvalue weighted by Gasteiger charge is 2.07. The fourth-order valence-corrected chi connectivity index (χ4v) is 1.16. The fraction of sp³-hybridized carbons (Fsp3) is 1.00. The lowest BCUT2D eigenvalue weighted by molar-refractivity contribution is 0.139. The molecular weight excluding hydrogens is 212 g/mol. The van der Waals surface area contributed by atoms with Gasteiger partial charge in [0.25, 0.3) is 0 Å². The molecule has 0 aromatic carbocycles. The molecular formula is C14H36N2O. The highest BCUT2D eigenvalue weighted by molar-refractivity contribution is 4.66. The average Bonchev–Trinajstić information content (AvgIpc) is 2.43. The maximum Gasteiger partial charge on any atom is 0.0589 e. The summed E-state index contributed by atoms with van der Waals surface area (Å²) in [4.78, 5) is 2.42. The molecule has 0 saturated carbocycles. The van der Waals surface area contributed by atoms with Gasteiger partial charge >= 0.3 is 0 Å². The zero-order chi connectivity index (χ0) is 13.9. The van der Waals surface area contributed by atoms with Gasteiger partial charge in [-0.2, -0.15) is 0 Å². The summed E-state index contributed by atoms with van der Waals surface area (Å²) < 4.78 is 4.98. The van der Waals surface area contributed by atoms with Crippen LogP contribution in [0.1, 0.15) is 48.0 Å². The number of piperazine rings is 1. The molecule has 1 N–H and O–H groups in total. The molecule has 0 spiro atoms. The van der Waals surface area contributed by atoms with Crippen molar-refractivity contribution in [2.75, 3.05) is 46.4 Å². The molecule has 1 aliphatic heterocycles. The second-order valence-electron chi connectivity index (χ2n) is 3.29. The van der Waals surface area contributed by atoms with E-state index >= 15 is 0 Å². The Morgan fingerprint density at radius 1 is 1.00 bits per heavy atom. The van der Waals surface area contributed by atoms with E-state index in [1.165, 1.54) is 19.5 Å². The molecule has 1 rings (SSSR count). The highest BCUT2D eigenvalue weighted by Crippen LogP contribution is 1.90. The van der Waals surface area contributed by atoms with E-state index in [2.05, 4.69) is 24.1 Å². The summed E-state index contributed by atoms with van der Waals surface area (Å²) in [6, 6.07) is 0. The SMILES string of the molecule is CC.CC.CCC.COCCN1CCNCC1. The number of hydrogen-bond donors (Lipinski definition) is 1. The minimum atomic E-state index is 0.861. The largest absolute Gasteiger partial charge is 0.383 e. The number of nitrogens with one attached hydrogen (secondary N) is 1. The molecule has 0 radical (unpaired) electrons. The maximum absolute atomic E-state index is 4.98. The minimum absolute atomic E-state index is 0.861. The van der Waals surface area contributed by atoms with E-state index < -0.39 is 0 Å². The average molecular weight is 248 g/mol. The predicted molar refractivity (Wildman–Crippen MR) is 79.8 cm³/mol. The van der Waals surface area contributed by atoms with Crippen LogP contribution >= 0.6 is 0 Å². The third kappa shape index (κ3) is 21.7. The Morgan fingerprint density at radius 2 is 1.41 bits per heavy atom. The molecule has 0 atom stereocenters. The topological polar surface area (TPSA) is 24.5 Å². The van der Waals surface area contributed by atoms with Gasteiger partial charge in [0.1, 0.15) is 0 Å². The standard InChI is InChI=1S/C7H16N2O.C3H8.2C2H6/c1-10-7-6-9-4-2-8-3-5-9;1-3-2;2*1-2/h8H,2-7H2,1H3;3H2,1-2H3;2*1-2H3. The molecule has 3 heteroatoms. The number of methoxy groups -OCH3 is 1. The Morgan fingerprint density at radius 3 is 1.76 bits per heavy atom. The van der Waals surface area contributed by atoms with E-state index in [1.54, 1.807) is 7.11 Å². The molecule has 0 aromatic heterocycles. The molecule has 0 aromatic rings. The summed E-state index contributed by atoms with van der Waals surface area (Å²) in [7, 11) is 1.75. The number of ether oxygens (including phenoxy) is 1. The molecule has 1 aliphatic rings. The summed E-state index contributed by atoms with van der Waals surface area (Å²) in [5.74, 6) is 0. The van der Waals surface area contributed by atoms with Gasteiger partial charge in [-0.1, -0.05) is 48.0 Å². The first-order valence-corrected chi connectivity index (χ1v) is 7.27. The molecule has 0 amide bonds. The fourth-order valence-electron chi connectivity index (χ4n) is 1.16. The third-order valence-electron chi connectivity index (χ3n) is 1.82. The molecule has 1 heterocycles. The van der Waals surface area contributed by atoms with E-state index in [9.17, 15) is 0 Å². The van der Waals surface area contributed by atoms with E-state index in [0.29, 0.717) is 0 Å². The van der Waals surface area contributed by atoms with Crippen LogP contribution in [0.3, 0.4) is 0 Å². The second kappa shape index (κ2) is 24.9. The summed E-state index contributed by atoms with van der Waals surface area (Å²) in [6.45, 7) is 18.8. The van der Waals surface area contributed by atoms with Crippen molar-refractivity contribution in [3.8, 4) is 0 Å². The van der Waals surface area contributed by atoms with Crippen LogP contribution in [0.25, 0.3) is 0 Å². The molecule has 0 unspecified atom stereocenters. The van der Waals surface area contributed by atoms with Gasteiger partial charge in [0.05, 0.1) is 6.61 Å². The Labute approximate surface area is 110 Å². The lowest BCUT2D eigenvalue weighted by atomic mass is 10.4. The quantitative estimate of drug-likeness (QED) is 0.831. The van der Waals surface area contributed by atoms with Crippen molar-refractivity contribution in [1.29, 1.82) is 0 Å². The van der Waals surface area contributed by atoms with Gasteiger partial charge in [0, 0.05) is 39.8 Å². The first kappa shape index (κ1) is 22.1. The molecule has 1 fully saturated rings. The van der Waals surface area contributed by atoms with Crippen molar-refractivity contribution in [3.63, 3.8) is 0 Å². The van der Waals surface area contributed by atoms with E-state index in [1.807, 2.05) is 27.7 Å². The predicted octanol–water partition coefficient (Wildman–Crippen LogP) is 3.01. The third-order valence-corrected chi connectivity index (χ3v) is 1.82. The van der Waals surface area contributed by atoms with Crippen molar-refractivity contribution >= 4 is 0 Å². The van der Waals surface area contributed by atoms with Crippen LogP contribution < -0.4 is 5.32 Å². The first-order chi connectivity index (χ1) is 8.35. The number of rotatable bonds is 3. The Hall–Kier alpha value is -0.120. The van der Waals surface area contributed by atoms with Crippen molar-refractivity contribution in [1.82, 2.24) is 10.2 Å². The maximum atomic E-state index is 4.98. The summed E-state index contributed by atoms with van der Waals surface area (Å²) in [5.41, 5.74) is 0. The zero-order valence-electron chi connectivity index (χ0n) is 13.3. The molecule has 1 saturated heterocycles. The van der Waals surface area contributed by atoms with Crippen molar-refractivity contribution < 1.29 is 4.74 Å². The monoisotopic (exact) mass is 248 g/mol. The van der Waals surface area contributed by atoms with Crippen LogP contribution in [0.2, 0.25) is 0 Å². The Kier molecular flexibility index (Phi) is 32.4. The minimum Gasteiger partial charge on any atom is -0.383 e. The van der Waals surface area contributed by atoms with Crippen LogP contribution in [0.15, 0.2) is 0 Å². The summed E-state index contributed by atoms with van der Waals surface area (Å²) in [6.07, 6.45) is 1.25. The normalized spacial score (nSPS) is 14.3.